The van der Waals surface area contributed by atoms with Gasteiger partial charge in [-0.1, -0.05) is 0 Å². The molecule has 1 aliphatic heterocycles. The third-order valence-electron chi connectivity index (χ3n) is 2.68. The van der Waals surface area contributed by atoms with E-state index in [4.69, 9.17) is 5.11 Å². The molecule has 0 amide bonds. The maximum absolute atomic E-state index is 12.9. The summed E-state index contributed by atoms with van der Waals surface area (Å²) in [5.74, 6) is -4.94. The molecule has 2 rings (SSSR count). The van der Waals surface area contributed by atoms with Crippen LogP contribution in [-0.2, 0) is 4.79 Å². The normalized spacial score (nSPS) is 43.3. The molecule has 1 saturated carbocycles. The van der Waals surface area contributed by atoms with Crippen LogP contribution in [-0.4, -0.2) is 29.1 Å². The number of hydrogen-bond acceptors (Lipinski definition) is 2. The Morgan fingerprint density at radius 3 is 2.58 bits per heavy atom. The molecule has 0 radical (unpaired) electrons. The van der Waals surface area contributed by atoms with Crippen molar-refractivity contribution in [2.45, 2.75) is 30.8 Å². The summed E-state index contributed by atoms with van der Waals surface area (Å²) >= 11 is 0. The van der Waals surface area contributed by atoms with Gasteiger partial charge in [0.25, 0.3) is 5.92 Å². The largest absolute Gasteiger partial charge is 0.480 e. The fraction of sp³-hybridized carbons (Fsp3) is 0.857. The lowest BCUT2D eigenvalue weighted by Crippen LogP contribution is -2.49. The number of carboxylic acids is 1. The molecule has 2 N–H and O–H groups in total. The van der Waals surface area contributed by atoms with Crippen LogP contribution in [0.1, 0.15) is 12.8 Å². The van der Waals surface area contributed by atoms with E-state index in [9.17, 15) is 13.6 Å². The number of aliphatic carboxylic acids is 1. The summed E-state index contributed by atoms with van der Waals surface area (Å²) in [5.41, 5.74) is 0. The first-order chi connectivity index (χ1) is 5.50. The molecule has 2 unspecified atom stereocenters. The molecular formula is C7H9F2NO2. The van der Waals surface area contributed by atoms with Crippen LogP contribution in [0.3, 0.4) is 0 Å². The summed E-state index contributed by atoms with van der Waals surface area (Å²) in [6, 6.07) is -1.34. The molecule has 0 aromatic carbocycles. The van der Waals surface area contributed by atoms with Crippen molar-refractivity contribution in [2.75, 3.05) is 0 Å². The van der Waals surface area contributed by atoms with Gasteiger partial charge in [-0.2, -0.15) is 0 Å². The van der Waals surface area contributed by atoms with Crippen molar-refractivity contribution < 1.29 is 18.7 Å². The number of carbonyl (C=O) groups is 1. The third-order valence-corrected chi connectivity index (χ3v) is 2.68. The smallest absolute Gasteiger partial charge is 0.321 e. The van der Waals surface area contributed by atoms with Crippen LogP contribution in [0.5, 0.6) is 0 Å². The molecule has 0 spiro atoms. The van der Waals surface area contributed by atoms with E-state index in [0.717, 1.165) is 0 Å². The van der Waals surface area contributed by atoms with Crippen molar-refractivity contribution in [3.05, 3.63) is 0 Å². The molecular weight excluding hydrogens is 168 g/mol. The quantitative estimate of drug-likeness (QED) is 0.611. The van der Waals surface area contributed by atoms with Gasteiger partial charge in [-0.3, -0.25) is 4.79 Å². The lowest BCUT2D eigenvalue weighted by molar-refractivity contribution is -0.147. The van der Waals surface area contributed by atoms with Crippen molar-refractivity contribution in [1.82, 2.24) is 5.32 Å². The number of piperidine rings is 1. The molecule has 2 aliphatic rings. The van der Waals surface area contributed by atoms with Crippen LogP contribution in [0.15, 0.2) is 0 Å². The van der Waals surface area contributed by atoms with Crippen molar-refractivity contribution in [3.63, 3.8) is 0 Å². The number of halogens is 2. The summed E-state index contributed by atoms with van der Waals surface area (Å²) in [7, 11) is 0. The van der Waals surface area contributed by atoms with Crippen LogP contribution < -0.4 is 5.32 Å². The Hall–Kier alpha value is -0.710. The van der Waals surface area contributed by atoms with E-state index < -0.39 is 23.9 Å². The number of hydrogen-bond donors (Lipinski definition) is 2. The van der Waals surface area contributed by atoms with E-state index in [-0.39, 0.29) is 12.5 Å². The summed E-state index contributed by atoms with van der Waals surface area (Å²) < 4.78 is 25.9. The molecule has 68 valence electrons. The van der Waals surface area contributed by atoms with Gasteiger partial charge in [0, 0.05) is 12.5 Å². The standard InChI is InChI=1S/C7H9F2NO2/c8-7(9)2-3-1-4(7)5(10-3)6(11)12/h3-5,10H,1-2H2,(H,11,12)/t3?,4?,5-/m0/s1. The zero-order valence-corrected chi connectivity index (χ0v) is 6.26. The predicted molar refractivity (Wildman–Crippen MR) is 36.0 cm³/mol. The SMILES string of the molecule is O=C(O)[C@H]1NC2CC1C(F)(F)C2. The highest BCUT2D eigenvalue weighted by Gasteiger charge is 2.59. The van der Waals surface area contributed by atoms with Crippen molar-refractivity contribution in [2.24, 2.45) is 5.92 Å². The first kappa shape index (κ1) is 7.91. The number of alkyl halides is 2. The average molecular weight is 177 g/mol. The lowest BCUT2D eigenvalue weighted by atomic mass is 9.96. The van der Waals surface area contributed by atoms with Gasteiger partial charge in [0.05, 0.1) is 5.92 Å². The molecule has 3 atom stereocenters. The van der Waals surface area contributed by atoms with E-state index in [1.165, 1.54) is 0 Å². The molecule has 12 heavy (non-hydrogen) atoms. The molecule has 0 aromatic rings. The fourth-order valence-corrected chi connectivity index (χ4v) is 2.16. The van der Waals surface area contributed by atoms with E-state index in [1.807, 2.05) is 0 Å². The molecule has 2 bridgehead atoms. The predicted octanol–water partition coefficient (Wildman–Crippen LogP) is 0.457. The topological polar surface area (TPSA) is 49.3 Å². The molecule has 0 aromatic heterocycles. The Morgan fingerprint density at radius 1 is 1.58 bits per heavy atom. The Labute approximate surface area is 67.8 Å². The van der Waals surface area contributed by atoms with E-state index >= 15 is 0 Å². The highest BCUT2D eigenvalue weighted by molar-refractivity contribution is 5.75. The van der Waals surface area contributed by atoms with Gasteiger partial charge in [-0.05, 0) is 6.42 Å². The number of carboxylic acid groups (broad SMARTS) is 1. The maximum Gasteiger partial charge on any atom is 0.321 e. The minimum atomic E-state index is -2.78. The fourth-order valence-electron chi connectivity index (χ4n) is 2.16. The Kier molecular flexibility index (Phi) is 1.42. The van der Waals surface area contributed by atoms with E-state index in [2.05, 4.69) is 5.32 Å². The van der Waals surface area contributed by atoms with E-state index in [0.29, 0.717) is 6.42 Å². The molecule has 1 saturated heterocycles. The minimum Gasteiger partial charge on any atom is -0.480 e. The van der Waals surface area contributed by atoms with Gasteiger partial charge in [0.2, 0.25) is 0 Å². The van der Waals surface area contributed by atoms with Crippen molar-refractivity contribution in [3.8, 4) is 0 Å². The summed E-state index contributed by atoms with van der Waals surface area (Å²) in [5, 5.41) is 11.2. The highest BCUT2D eigenvalue weighted by Crippen LogP contribution is 2.46. The van der Waals surface area contributed by atoms with Gasteiger partial charge in [0.1, 0.15) is 6.04 Å². The monoisotopic (exact) mass is 177 g/mol. The number of rotatable bonds is 1. The summed E-state index contributed by atoms with van der Waals surface area (Å²) in [6.07, 6.45) is 0.0887. The average Bonchev–Trinajstić information content (AvgIpc) is 2.40. The molecule has 1 aliphatic carbocycles. The summed E-state index contributed by atoms with van der Waals surface area (Å²) in [4.78, 5) is 10.5. The van der Waals surface area contributed by atoms with Gasteiger partial charge < -0.3 is 10.4 Å². The summed E-state index contributed by atoms with van der Waals surface area (Å²) in [6.45, 7) is 0. The molecule has 5 heteroatoms. The molecule has 1 heterocycles. The highest BCUT2D eigenvalue weighted by atomic mass is 19.3. The minimum absolute atomic E-state index is 0.207. The Morgan fingerprint density at radius 2 is 2.25 bits per heavy atom. The van der Waals surface area contributed by atoms with Gasteiger partial charge in [-0.25, -0.2) is 8.78 Å². The van der Waals surface area contributed by atoms with Gasteiger partial charge in [-0.15, -0.1) is 0 Å². The van der Waals surface area contributed by atoms with Crippen LogP contribution in [0, 0.1) is 5.92 Å². The van der Waals surface area contributed by atoms with Gasteiger partial charge >= 0.3 is 5.97 Å². The molecule has 2 fully saturated rings. The first-order valence-corrected chi connectivity index (χ1v) is 3.87. The Bertz CT molecular complexity index is 231. The number of nitrogens with one attached hydrogen (secondary N) is 1. The second kappa shape index (κ2) is 2.16. The van der Waals surface area contributed by atoms with Crippen molar-refractivity contribution >= 4 is 5.97 Å². The Balaban J connectivity index is 2.20. The second-order valence-corrected chi connectivity index (χ2v) is 3.49. The van der Waals surface area contributed by atoms with Crippen LogP contribution in [0.2, 0.25) is 0 Å². The number of fused-ring (bicyclic) bond motifs is 2. The maximum atomic E-state index is 12.9. The van der Waals surface area contributed by atoms with Gasteiger partial charge in [0.15, 0.2) is 0 Å². The second-order valence-electron chi connectivity index (χ2n) is 3.49. The molecule has 3 nitrogen and oxygen atoms in total. The first-order valence-electron chi connectivity index (χ1n) is 3.87. The van der Waals surface area contributed by atoms with Crippen LogP contribution in [0.25, 0.3) is 0 Å². The third kappa shape index (κ3) is 0.924. The van der Waals surface area contributed by atoms with Crippen LogP contribution >= 0.6 is 0 Å². The van der Waals surface area contributed by atoms with Crippen LogP contribution in [0.4, 0.5) is 8.78 Å². The van der Waals surface area contributed by atoms with Crippen molar-refractivity contribution in [1.29, 1.82) is 0 Å². The zero-order chi connectivity index (χ0) is 8.93. The lowest BCUT2D eigenvalue weighted by Gasteiger charge is -2.27. The zero-order valence-electron chi connectivity index (χ0n) is 6.26. The van der Waals surface area contributed by atoms with E-state index in [1.54, 1.807) is 0 Å².